The summed E-state index contributed by atoms with van der Waals surface area (Å²) in [5.41, 5.74) is -0.695. The average Bonchev–Trinajstić information content (AvgIpc) is 3.63. The highest BCUT2D eigenvalue weighted by atomic mass is 16.7. The van der Waals surface area contributed by atoms with Gasteiger partial charge in [0.25, 0.3) is 0 Å². The van der Waals surface area contributed by atoms with Gasteiger partial charge in [-0.15, -0.1) is 0 Å². The summed E-state index contributed by atoms with van der Waals surface area (Å²) in [5.74, 6) is 0.0825. The number of aliphatic hydroxyl groups is 7. The number of esters is 1. The zero-order valence-electron chi connectivity index (χ0n) is 29.4. The molecule has 0 unspecified atom stereocenters. The van der Waals surface area contributed by atoms with Crippen LogP contribution in [-0.4, -0.2) is 141 Å². The van der Waals surface area contributed by atoms with E-state index in [9.17, 15) is 40.5 Å². The van der Waals surface area contributed by atoms with Crippen LogP contribution >= 0.6 is 0 Å². The zero-order chi connectivity index (χ0) is 35.9. The summed E-state index contributed by atoms with van der Waals surface area (Å²) in [6.45, 7) is 5.75. The maximum Gasteiger partial charge on any atom is 0.331 e. The van der Waals surface area contributed by atoms with Gasteiger partial charge in [-0.05, 0) is 86.5 Å². The monoisotopic (exact) mass is 712 g/mol. The molecule has 4 saturated carbocycles. The topological polar surface area (TPSA) is 214 Å². The molecule has 0 aromatic heterocycles. The van der Waals surface area contributed by atoms with Crippen LogP contribution in [0.3, 0.4) is 0 Å². The van der Waals surface area contributed by atoms with Gasteiger partial charge in [-0.3, -0.25) is 0 Å². The molecule has 7 aliphatic rings. The van der Waals surface area contributed by atoms with Crippen molar-refractivity contribution in [2.75, 3.05) is 20.3 Å². The van der Waals surface area contributed by atoms with Crippen LogP contribution in [-0.2, 0) is 33.2 Å². The van der Waals surface area contributed by atoms with Gasteiger partial charge in [-0.1, -0.05) is 13.8 Å². The molecule has 14 heteroatoms. The fourth-order valence-electron chi connectivity index (χ4n) is 11.6. The normalized spacial score (nSPS) is 55.1. The van der Waals surface area contributed by atoms with E-state index in [4.69, 9.17) is 28.4 Å². The van der Waals surface area contributed by atoms with Crippen LogP contribution < -0.4 is 0 Å². The van der Waals surface area contributed by atoms with Gasteiger partial charge in [-0.25, -0.2) is 4.79 Å². The Balaban J connectivity index is 1.01. The Morgan fingerprint density at radius 1 is 0.860 bits per heavy atom. The Morgan fingerprint density at radius 2 is 1.60 bits per heavy atom. The van der Waals surface area contributed by atoms with Gasteiger partial charge in [0.2, 0.25) is 0 Å². The number of rotatable bonds is 7. The molecule has 284 valence electrons. The van der Waals surface area contributed by atoms with Crippen molar-refractivity contribution >= 4 is 5.97 Å². The largest absolute Gasteiger partial charge is 0.458 e. The lowest BCUT2D eigenvalue weighted by atomic mass is 9.42. The molecule has 0 aromatic rings. The first kappa shape index (κ1) is 37.1. The zero-order valence-corrected chi connectivity index (χ0v) is 29.4. The minimum atomic E-state index is -1.63. The van der Waals surface area contributed by atoms with E-state index in [0.717, 1.165) is 37.7 Å². The summed E-state index contributed by atoms with van der Waals surface area (Å²) in [7, 11) is 1.40. The third-order valence-corrected chi connectivity index (χ3v) is 14.5. The molecule has 2 saturated heterocycles. The molecule has 7 rings (SSSR count). The van der Waals surface area contributed by atoms with E-state index >= 15 is 0 Å². The van der Waals surface area contributed by atoms with Crippen molar-refractivity contribution in [3.8, 4) is 0 Å². The summed E-state index contributed by atoms with van der Waals surface area (Å²) < 4.78 is 34.9. The Labute approximate surface area is 292 Å². The predicted molar refractivity (Wildman–Crippen MR) is 172 cm³/mol. The van der Waals surface area contributed by atoms with Crippen LogP contribution in [0.5, 0.6) is 0 Å². The van der Waals surface area contributed by atoms with Crippen LogP contribution in [0.25, 0.3) is 0 Å². The standard InChI is InChI=1S/C36H56O14/c1-16-30(50-32-28(42)27(41)26(40)23(14-37)49-32)31(45-4)29(43)33(47-16)48-19-12-18-5-6-22-21(35(18,3)24(38)13-19)7-9-34(2)20(8-10-36(22,34)44)17-11-25(39)46-15-17/h11,16,18-24,26-33,37-38,40-44H,5-10,12-15H2,1-4H3/t16-,18-,19-,20-,21-,22-,23-,24-,26-,27+,28-,29+,30+,31-,32+,33-,34-,35+,36+/m1/s1. The van der Waals surface area contributed by atoms with Crippen molar-refractivity contribution in [1.82, 2.24) is 0 Å². The second kappa shape index (κ2) is 13.5. The van der Waals surface area contributed by atoms with Crippen molar-refractivity contribution in [3.63, 3.8) is 0 Å². The summed E-state index contributed by atoms with van der Waals surface area (Å²) in [6.07, 6.45) is -6.17. The van der Waals surface area contributed by atoms with Crippen molar-refractivity contribution in [2.45, 2.75) is 151 Å². The predicted octanol–water partition coefficient (Wildman–Crippen LogP) is -0.0948. The summed E-state index contributed by atoms with van der Waals surface area (Å²) in [4.78, 5) is 11.9. The van der Waals surface area contributed by atoms with E-state index in [1.165, 1.54) is 7.11 Å². The van der Waals surface area contributed by atoms with Crippen molar-refractivity contribution in [3.05, 3.63) is 11.6 Å². The van der Waals surface area contributed by atoms with Crippen LogP contribution in [0.2, 0.25) is 0 Å². The molecule has 0 radical (unpaired) electrons. The summed E-state index contributed by atoms with van der Waals surface area (Å²) in [6, 6.07) is 0. The summed E-state index contributed by atoms with van der Waals surface area (Å²) >= 11 is 0. The van der Waals surface area contributed by atoms with Gasteiger partial charge in [-0.2, -0.15) is 0 Å². The maximum atomic E-state index is 12.5. The number of aliphatic hydroxyl groups excluding tert-OH is 6. The molecule has 0 spiro atoms. The Kier molecular flexibility index (Phi) is 10.0. The first-order chi connectivity index (χ1) is 23.7. The van der Waals surface area contributed by atoms with Crippen LogP contribution in [0.4, 0.5) is 0 Å². The number of fused-ring (bicyclic) bond motifs is 5. The molecule has 3 aliphatic heterocycles. The Bertz CT molecular complexity index is 1300. The third kappa shape index (κ3) is 5.63. The van der Waals surface area contributed by atoms with Gasteiger partial charge >= 0.3 is 5.97 Å². The average molecular weight is 713 g/mol. The molecule has 19 atom stereocenters. The highest BCUT2D eigenvalue weighted by Crippen LogP contribution is 2.70. The van der Waals surface area contributed by atoms with Crippen LogP contribution in [0.15, 0.2) is 11.6 Å². The van der Waals surface area contributed by atoms with E-state index < -0.39 is 91.2 Å². The fraction of sp³-hybridized carbons (Fsp3) is 0.917. The van der Waals surface area contributed by atoms with E-state index in [1.54, 1.807) is 13.0 Å². The highest BCUT2D eigenvalue weighted by Gasteiger charge is 2.69. The van der Waals surface area contributed by atoms with Gasteiger partial charge in [0.15, 0.2) is 12.6 Å². The smallest absolute Gasteiger partial charge is 0.331 e. The molecule has 14 nitrogen and oxygen atoms in total. The second-order valence-corrected chi connectivity index (χ2v) is 16.6. The first-order valence-electron chi connectivity index (χ1n) is 18.4. The third-order valence-electron chi connectivity index (χ3n) is 14.5. The Hall–Kier alpha value is -1.27. The number of ether oxygens (including phenoxy) is 6. The number of methoxy groups -OCH3 is 1. The van der Waals surface area contributed by atoms with E-state index in [0.29, 0.717) is 25.9 Å². The van der Waals surface area contributed by atoms with Gasteiger partial charge < -0.3 is 64.2 Å². The first-order valence-corrected chi connectivity index (χ1v) is 18.4. The number of carbonyl (C=O) groups is 1. The molecule has 0 bridgehead atoms. The highest BCUT2D eigenvalue weighted by molar-refractivity contribution is 5.85. The molecule has 6 fully saturated rings. The van der Waals surface area contributed by atoms with Crippen LogP contribution in [0, 0.1) is 34.5 Å². The van der Waals surface area contributed by atoms with Gasteiger partial charge in [0, 0.05) is 25.0 Å². The minimum Gasteiger partial charge on any atom is -0.458 e. The lowest BCUT2D eigenvalue weighted by Crippen LogP contribution is -2.66. The second-order valence-electron chi connectivity index (χ2n) is 16.6. The van der Waals surface area contributed by atoms with Gasteiger partial charge in [0.05, 0.1) is 30.5 Å². The lowest BCUT2D eigenvalue weighted by molar-refractivity contribution is -0.363. The van der Waals surface area contributed by atoms with Crippen molar-refractivity contribution in [1.29, 1.82) is 0 Å². The lowest BCUT2D eigenvalue weighted by Gasteiger charge is -2.64. The van der Waals surface area contributed by atoms with Crippen LogP contribution in [0.1, 0.15) is 72.1 Å². The van der Waals surface area contributed by atoms with Crippen molar-refractivity contribution in [2.24, 2.45) is 34.5 Å². The molecule has 4 aliphatic carbocycles. The van der Waals surface area contributed by atoms with Gasteiger partial charge in [0.1, 0.15) is 49.3 Å². The Morgan fingerprint density at radius 3 is 2.28 bits per heavy atom. The molecule has 50 heavy (non-hydrogen) atoms. The maximum absolute atomic E-state index is 12.5. The van der Waals surface area contributed by atoms with E-state index in [1.807, 2.05) is 0 Å². The molecular weight excluding hydrogens is 656 g/mol. The minimum absolute atomic E-state index is 0.0330. The molecule has 0 amide bonds. The summed E-state index contributed by atoms with van der Waals surface area (Å²) in [5, 5.41) is 76.3. The number of hydrogen-bond donors (Lipinski definition) is 7. The fourth-order valence-corrected chi connectivity index (χ4v) is 11.6. The number of cyclic esters (lactones) is 1. The van der Waals surface area contributed by atoms with E-state index in [2.05, 4.69) is 13.8 Å². The number of carbonyl (C=O) groups excluding carboxylic acids is 1. The number of hydrogen-bond acceptors (Lipinski definition) is 14. The molecule has 3 heterocycles. The van der Waals surface area contributed by atoms with Crippen molar-refractivity contribution < 1.29 is 69.0 Å². The SMILES string of the molecule is CO[C@@H]1[C@H](O)[C@@H](O[C@@H]2C[C@H]3CC[C@@H]4[C@@H](CC[C@]5(C)[C@@H](C6=CC(=O)OC6)CC[C@]45O)[C@@]3(C)[C@H](O)C2)O[C@H](C)[C@@H]1O[C@@H]1O[C@H](CO)[C@@H](O)[C@H](O)[C@H]1O. The quantitative estimate of drug-likeness (QED) is 0.136. The molecular formula is C36H56O14. The van der Waals surface area contributed by atoms with E-state index in [-0.39, 0.29) is 35.1 Å². The molecule has 7 N–H and O–H groups in total. The molecule has 0 aromatic carbocycles.